The number of hydrogen-bond acceptors (Lipinski definition) is 5. The zero-order valence-electron chi connectivity index (χ0n) is 16.9. The van der Waals surface area contributed by atoms with Gasteiger partial charge in [-0.05, 0) is 42.4 Å². The normalized spacial score (nSPS) is 21.6. The van der Waals surface area contributed by atoms with Gasteiger partial charge < -0.3 is 14.5 Å². The second kappa shape index (κ2) is 9.69. The number of ether oxygens (including phenoxy) is 1. The summed E-state index contributed by atoms with van der Waals surface area (Å²) in [5, 5.41) is 0.514. The van der Waals surface area contributed by atoms with Crippen LogP contribution in [0.3, 0.4) is 0 Å². The number of nitrogens with zero attached hydrogens (tertiary/aromatic N) is 3. The lowest BCUT2D eigenvalue weighted by molar-refractivity contribution is -0.130. The van der Waals surface area contributed by atoms with Gasteiger partial charge in [-0.3, -0.25) is 9.69 Å². The number of benzene rings is 1. The maximum absolute atomic E-state index is 12.5. The summed E-state index contributed by atoms with van der Waals surface area (Å²) in [6, 6.07) is 8.86. The highest BCUT2D eigenvalue weighted by molar-refractivity contribution is 8.00. The second-order valence-electron chi connectivity index (χ2n) is 7.72. The minimum absolute atomic E-state index is 0.315. The Morgan fingerprint density at radius 1 is 1.15 bits per heavy atom. The summed E-state index contributed by atoms with van der Waals surface area (Å²) in [6.07, 6.45) is 2.34. The third-order valence-electron chi connectivity index (χ3n) is 5.56. The quantitative estimate of drug-likeness (QED) is 0.745. The number of methoxy groups -OCH3 is 1. The van der Waals surface area contributed by atoms with Crippen molar-refractivity contribution < 1.29 is 9.53 Å². The minimum atomic E-state index is 0.315. The number of piperazine rings is 1. The lowest BCUT2D eigenvalue weighted by atomic mass is 10.0. The van der Waals surface area contributed by atoms with E-state index in [0.717, 1.165) is 51.4 Å². The number of thioether (sulfide) groups is 1. The molecular formula is C21H33N3O2S. The van der Waals surface area contributed by atoms with Gasteiger partial charge in [0.15, 0.2) is 0 Å². The summed E-state index contributed by atoms with van der Waals surface area (Å²) in [5.74, 6) is 1.84. The first-order chi connectivity index (χ1) is 13.1. The van der Waals surface area contributed by atoms with Crippen molar-refractivity contribution in [1.82, 2.24) is 9.80 Å². The van der Waals surface area contributed by atoms with E-state index in [4.69, 9.17) is 4.74 Å². The van der Waals surface area contributed by atoms with E-state index in [0.29, 0.717) is 23.0 Å². The molecule has 1 aromatic carbocycles. The number of carbonyl (C=O) groups is 1. The molecule has 1 atom stereocenters. The molecule has 1 amide bonds. The standard InChI is InChI=1S/C21H33N3O2S/c1-17(2)27-16-21(25)24-10-4-5-19(15-24)23-13-11-22(12-14-23)18-6-8-20(26-3)9-7-18/h6-9,17,19H,4-5,10-16H2,1-3H3/t19-/m1/s1. The van der Waals surface area contributed by atoms with Gasteiger partial charge in [0.25, 0.3) is 0 Å². The van der Waals surface area contributed by atoms with Crippen LogP contribution in [0.5, 0.6) is 5.75 Å². The predicted molar refractivity (Wildman–Crippen MR) is 114 cm³/mol. The first-order valence-electron chi connectivity index (χ1n) is 10.1. The van der Waals surface area contributed by atoms with Crippen LogP contribution in [0.25, 0.3) is 0 Å². The fraction of sp³-hybridized carbons (Fsp3) is 0.667. The van der Waals surface area contributed by atoms with Crippen molar-refractivity contribution in [3.8, 4) is 5.75 Å². The number of rotatable bonds is 6. The van der Waals surface area contributed by atoms with E-state index < -0.39 is 0 Å². The van der Waals surface area contributed by atoms with Crippen molar-refractivity contribution in [2.75, 3.05) is 57.0 Å². The van der Waals surface area contributed by atoms with Crippen molar-refractivity contribution in [1.29, 1.82) is 0 Å². The van der Waals surface area contributed by atoms with Crippen LogP contribution in [0.15, 0.2) is 24.3 Å². The molecule has 2 aliphatic heterocycles. The maximum Gasteiger partial charge on any atom is 0.232 e. The molecule has 2 fully saturated rings. The summed E-state index contributed by atoms with van der Waals surface area (Å²) >= 11 is 1.75. The van der Waals surface area contributed by atoms with Gasteiger partial charge in [-0.25, -0.2) is 0 Å². The number of likely N-dealkylation sites (tertiary alicyclic amines) is 1. The molecule has 0 aromatic heterocycles. The Labute approximate surface area is 168 Å². The Bertz CT molecular complexity index is 600. The van der Waals surface area contributed by atoms with Crippen molar-refractivity contribution in [2.24, 2.45) is 0 Å². The van der Waals surface area contributed by atoms with Gasteiger partial charge in [-0.15, -0.1) is 11.8 Å². The van der Waals surface area contributed by atoms with Gasteiger partial charge in [0.2, 0.25) is 5.91 Å². The highest BCUT2D eigenvalue weighted by atomic mass is 32.2. The molecule has 2 saturated heterocycles. The van der Waals surface area contributed by atoms with Crippen LogP contribution < -0.4 is 9.64 Å². The molecule has 5 nitrogen and oxygen atoms in total. The number of hydrogen-bond donors (Lipinski definition) is 0. The topological polar surface area (TPSA) is 36.0 Å². The SMILES string of the molecule is COc1ccc(N2CCN([C@@H]3CCCN(C(=O)CSC(C)C)C3)CC2)cc1. The van der Waals surface area contributed by atoms with Crippen LogP contribution in [-0.2, 0) is 4.79 Å². The average molecular weight is 392 g/mol. The molecule has 0 N–H and O–H groups in total. The number of carbonyl (C=O) groups excluding carboxylic acids is 1. The molecule has 0 saturated carbocycles. The van der Waals surface area contributed by atoms with Crippen molar-refractivity contribution in [2.45, 2.75) is 38.0 Å². The van der Waals surface area contributed by atoms with E-state index in [1.807, 2.05) is 12.1 Å². The Balaban J connectivity index is 1.49. The molecule has 2 aliphatic rings. The minimum Gasteiger partial charge on any atom is -0.497 e. The molecule has 0 radical (unpaired) electrons. The summed E-state index contributed by atoms with van der Waals surface area (Å²) in [5.41, 5.74) is 1.27. The number of piperidine rings is 1. The van der Waals surface area contributed by atoms with Gasteiger partial charge in [0.1, 0.15) is 5.75 Å². The lowest BCUT2D eigenvalue weighted by Crippen LogP contribution is -2.56. The average Bonchev–Trinajstić information content (AvgIpc) is 2.72. The zero-order chi connectivity index (χ0) is 19.2. The molecule has 27 heavy (non-hydrogen) atoms. The summed E-state index contributed by atoms with van der Waals surface area (Å²) in [7, 11) is 1.70. The molecule has 0 spiro atoms. The van der Waals surface area contributed by atoms with Gasteiger partial charge in [-0.2, -0.15) is 0 Å². The van der Waals surface area contributed by atoms with Crippen LogP contribution in [-0.4, -0.2) is 79.1 Å². The smallest absolute Gasteiger partial charge is 0.232 e. The fourth-order valence-electron chi connectivity index (χ4n) is 3.95. The highest BCUT2D eigenvalue weighted by Gasteiger charge is 2.30. The van der Waals surface area contributed by atoms with E-state index in [1.165, 1.54) is 12.1 Å². The zero-order valence-corrected chi connectivity index (χ0v) is 17.7. The number of anilines is 1. The molecule has 0 unspecified atom stereocenters. The van der Waals surface area contributed by atoms with Crippen LogP contribution in [0.1, 0.15) is 26.7 Å². The molecule has 6 heteroatoms. The Morgan fingerprint density at radius 3 is 2.48 bits per heavy atom. The van der Waals surface area contributed by atoms with Crippen molar-refractivity contribution >= 4 is 23.4 Å². The second-order valence-corrected chi connectivity index (χ2v) is 9.28. The van der Waals surface area contributed by atoms with Gasteiger partial charge in [0.05, 0.1) is 12.9 Å². The van der Waals surface area contributed by atoms with E-state index in [-0.39, 0.29) is 0 Å². The summed E-state index contributed by atoms with van der Waals surface area (Å²) in [6.45, 7) is 10.4. The molecule has 1 aromatic rings. The molecule has 0 aliphatic carbocycles. The van der Waals surface area contributed by atoms with Crippen LogP contribution in [0.4, 0.5) is 5.69 Å². The Kier molecular flexibility index (Phi) is 7.30. The van der Waals surface area contributed by atoms with Crippen molar-refractivity contribution in [3.63, 3.8) is 0 Å². The maximum atomic E-state index is 12.5. The number of amides is 1. The predicted octanol–water partition coefficient (Wildman–Crippen LogP) is 2.95. The third kappa shape index (κ3) is 5.55. The van der Waals surface area contributed by atoms with Gasteiger partial charge >= 0.3 is 0 Å². The highest BCUT2D eigenvalue weighted by Crippen LogP contribution is 2.23. The molecule has 3 rings (SSSR count). The first kappa shape index (κ1) is 20.3. The van der Waals surface area contributed by atoms with Crippen LogP contribution >= 0.6 is 11.8 Å². The Hall–Kier alpha value is -1.40. The molecule has 0 bridgehead atoms. The lowest BCUT2D eigenvalue weighted by Gasteiger charge is -2.44. The van der Waals surface area contributed by atoms with E-state index in [2.05, 4.69) is 40.7 Å². The van der Waals surface area contributed by atoms with Crippen LogP contribution in [0, 0.1) is 0 Å². The molecular weight excluding hydrogens is 358 g/mol. The van der Waals surface area contributed by atoms with Gasteiger partial charge in [-0.1, -0.05) is 13.8 Å². The van der Waals surface area contributed by atoms with Gasteiger partial charge in [0, 0.05) is 51.0 Å². The molecule has 150 valence electrons. The van der Waals surface area contributed by atoms with E-state index in [1.54, 1.807) is 18.9 Å². The summed E-state index contributed by atoms with van der Waals surface area (Å²) < 4.78 is 5.25. The Morgan fingerprint density at radius 2 is 1.85 bits per heavy atom. The first-order valence-corrected chi connectivity index (χ1v) is 11.1. The largest absolute Gasteiger partial charge is 0.497 e. The van der Waals surface area contributed by atoms with E-state index in [9.17, 15) is 4.79 Å². The van der Waals surface area contributed by atoms with E-state index >= 15 is 0 Å². The molecule has 2 heterocycles. The third-order valence-corrected chi connectivity index (χ3v) is 6.64. The summed E-state index contributed by atoms with van der Waals surface area (Å²) in [4.78, 5) is 19.6. The van der Waals surface area contributed by atoms with Crippen LogP contribution in [0.2, 0.25) is 0 Å². The fourth-order valence-corrected chi connectivity index (χ4v) is 4.61. The van der Waals surface area contributed by atoms with Crippen molar-refractivity contribution in [3.05, 3.63) is 24.3 Å². The monoisotopic (exact) mass is 391 g/mol.